The van der Waals surface area contributed by atoms with Gasteiger partial charge in [-0.15, -0.1) is 0 Å². The standard InChI is InChI=1S/C14H22F3NO10S2/c1-11(2)23-5-8-10-9(26-12(3,4)27-10)6-24-13(8,28-11)7-25-30(21,22)18-29(19,20)14(15,16)17/h8-10,18H,5-7H2,1-4H3/t8?,9-,10+,13+/m1/s1. The van der Waals surface area contributed by atoms with E-state index < -0.39 is 67.9 Å². The molecule has 4 atom stereocenters. The summed E-state index contributed by atoms with van der Waals surface area (Å²) in [6.45, 7) is 5.25. The van der Waals surface area contributed by atoms with Crippen molar-refractivity contribution in [3.05, 3.63) is 0 Å². The van der Waals surface area contributed by atoms with Crippen molar-refractivity contribution in [1.29, 1.82) is 0 Å². The third-order valence-electron chi connectivity index (χ3n) is 4.64. The molecule has 3 heterocycles. The van der Waals surface area contributed by atoms with Gasteiger partial charge in [-0.3, -0.25) is 4.18 Å². The van der Waals surface area contributed by atoms with Gasteiger partial charge in [0.25, 0.3) is 0 Å². The molecule has 176 valence electrons. The highest BCUT2D eigenvalue weighted by Crippen LogP contribution is 2.47. The third-order valence-corrected chi connectivity index (χ3v) is 7.37. The monoisotopic (exact) mass is 485 g/mol. The van der Waals surface area contributed by atoms with Crippen LogP contribution in [-0.2, 0) is 48.2 Å². The quantitative estimate of drug-likeness (QED) is 0.580. The molecule has 3 aliphatic rings. The lowest BCUT2D eigenvalue weighted by molar-refractivity contribution is -0.433. The van der Waals surface area contributed by atoms with E-state index in [-0.39, 0.29) is 13.2 Å². The zero-order valence-corrected chi connectivity index (χ0v) is 18.0. The lowest BCUT2D eigenvalue weighted by atomic mass is 9.86. The van der Waals surface area contributed by atoms with Crippen LogP contribution in [0.25, 0.3) is 0 Å². The Bertz CT molecular complexity index is 888. The molecule has 0 saturated carbocycles. The summed E-state index contributed by atoms with van der Waals surface area (Å²) in [5.74, 6) is -4.85. The van der Waals surface area contributed by atoms with Crippen molar-refractivity contribution in [2.45, 2.75) is 62.8 Å². The Kier molecular flexibility index (Phi) is 5.78. The van der Waals surface area contributed by atoms with Crippen LogP contribution < -0.4 is 4.13 Å². The average Bonchev–Trinajstić information content (AvgIpc) is 2.84. The van der Waals surface area contributed by atoms with Gasteiger partial charge >= 0.3 is 25.8 Å². The van der Waals surface area contributed by atoms with Crippen molar-refractivity contribution in [2.24, 2.45) is 5.92 Å². The normalized spacial score (nSPS) is 36.2. The van der Waals surface area contributed by atoms with Crippen LogP contribution in [0.2, 0.25) is 0 Å². The Labute approximate surface area is 171 Å². The molecule has 0 aromatic carbocycles. The first-order valence-electron chi connectivity index (χ1n) is 8.70. The van der Waals surface area contributed by atoms with Crippen molar-refractivity contribution in [1.82, 2.24) is 4.13 Å². The first kappa shape index (κ1) is 24.1. The third kappa shape index (κ3) is 4.75. The Balaban J connectivity index is 1.82. The van der Waals surface area contributed by atoms with Crippen molar-refractivity contribution in [3.63, 3.8) is 0 Å². The predicted octanol–water partition coefficient (Wildman–Crippen LogP) is 0.333. The van der Waals surface area contributed by atoms with E-state index in [0.29, 0.717) is 4.13 Å². The summed E-state index contributed by atoms with van der Waals surface area (Å²) in [5.41, 5.74) is -5.85. The Morgan fingerprint density at radius 1 is 1.00 bits per heavy atom. The maximum atomic E-state index is 12.5. The van der Waals surface area contributed by atoms with Gasteiger partial charge in [0.05, 0.1) is 25.2 Å². The molecule has 0 aliphatic carbocycles. The molecule has 3 fully saturated rings. The number of alkyl halides is 3. The molecule has 0 bridgehead atoms. The highest BCUT2D eigenvalue weighted by atomic mass is 32.3. The summed E-state index contributed by atoms with van der Waals surface area (Å²) in [6.07, 6.45) is -1.20. The van der Waals surface area contributed by atoms with Crippen molar-refractivity contribution >= 4 is 20.3 Å². The first-order valence-corrected chi connectivity index (χ1v) is 11.6. The minimum atomic E-state index is -6.21. The van der Waals surface area contributed by atoms with Gasteiger partial charge in [-0.2, -0.15) is 21.6 Å². The molecule has 0 aromatic heterocycles. The maximum absolute atomic E-state index is 12.5. The van der Waals surface area contributed by atoms with E-state index in [1.54, 1.807) is 13.8 Å². The van der Waals surface area contributed by atoms with Crippen molar-refractivity contribution < 1.29 is 57.9 Å². The number of hydrogen-bond acceptors (Lipinski definition) is 10. The van der Waals surface area contributed by atoms with Gasteiger partial charge in [0.1, 0.15) is 12.7 Å². The molecule has 1 N–H and O–H groups in total. The number of hydrogen-bond donors (Lipinski definition) is 1. The largest absolute Gasteiger partial charge is 0.512 e. The van der Waals surface area contributed by atoms with E-state index in [4.69, 9.17) is 23.7 Å². The molecule has 0 amide bonds. The van der Waals surface area contributed by atoms with Crippen LogP contribution in [-0.4, -0.2) is 71.7 Å². The molecule has 0 spiro atoms. The average molecular weight is 485 g/mol. The fourth-order valence-electron chi connectivity index (χ4n) is 3.52. The van der Waals surface area contributed by atoms with Gasteiger partial charge in [-0.05, 0) is 27.7 Å². The minimum Gasteiger partial charge on any atom is -0.350 e. The number of sulfonamides is 1. The lowest BCUT2D eigenvalue weighted by Gasteiger charge is -2.53. The summed E-state index contributed by atoms with van der Waals surface area (Å²) in [4.78, 5) is 0. The van der Waals surface area contributed by atoms with Gasteiger partial charge in [-0.25, -0.2) is 8.42 Å². The highest BCUT2D eigenvalue weighted by Gasteiger charge is 2.62. The molecule has 11 nitrogen and oxygen atoms in total. The van der Waals surface area contributed by atoms with E-state index in [0.717, 1.165) is 0 Å². The van der Waals surface area contributed by atoms with Crippen LogP contribution in [0.5, 0.6) is 0 Å². The van der Waals surface area contributed by atoms with E-state index in [2.05, 4.69) is 4.18 Å². The smallest absolute Gasteiger partial charge is 0.350 e. The Morgan fingerprint density at radius 3 is 2.23 bits per heavy atom. The van der Waals surface area contributed by atoms with E-state index >= 15 is 0 Å². The molecule has 16 heteroatoms. The molecule has 3 rings (SSSR count). The predicted molar refractivity (Wildman–Crippen MR) is 90.1 cm³/mol. The van der Waals surface area contributed by atoms with Gasteiger partial charge in [-0.1, -0.05) is 4.13 Å². The summed E-state index contributed by atoms with van der Waals surface area (Å²) < 4.78 is 117. The number of ether oxygens (including phenoxy) is 5. The van der Waals surface area contributed by atoms with E-state index in [9.17, 15) is 30.0 Å². The molecule has 3 saturated heterocycles. The molecule has 0 aromatic rings. The zero-order chi connectivity index (χ0) is 22.8. The molecule has 3 aliphatic heterocycles. The summed E-state index contributed by atoms with van der Waals surface area (Å²) >= 11 is 0. The van der Waals surface area contributed by atoms with Crippen molar-refractivity contribution in [2.75, 3.05) is 19.8 Å². The molecular formula is C14H22F3NO10S2. The topological polar surface area (TPSA) is 136 Å². The lowest BCUT2D eigenvalue weighted by Crippen LogP contribution is -2.67. The SMILES string of the molecule is CC1(C)O[C@@H]2CO[C@@]3(COS(=O)(=O)NS(=O)(=O)C(F)(F)F)OC(C)(C)OCC3[C@@H]2O1. The molecular weight excluding hydrogens is 463 g/mol. The van der Waals surface area contributed by atoms with E-state index in [1.807, 2.05) is 0 Å². The van der Waals surface area contributed by atoms with Gasteiger partial charge in [0.15, 0.2) is 11.6 Å². The van der Waals surface area contributed by atoms with Crippen LogP contribution in [0.4, 0.5) is 13.2 Å². The number of nitrogens with one attached hydrogen (secondary N) is 1. The summed E-state index contributed by atoms with van der Waals surface area (Å²) in [7, 11) is -11.6. The summed E-state index contributed by atoms with van der Waals surface area (Å²) in [5, 5.41) is 0. The van der Waals surface area contributed by atoms with Crippen LogP contribution in [0.15, 0.2) is 0 Å². The zero-order valence-electron chi connectivity index (χ0n) is 16.4. The fraction of sp³-hybridized carbons (Fsp3) is 1.00. The number of halogens is 3. The fourth-order valence-corrected chi connectivity index (χ4v) is 5.48. The molecule has 30 heavy (non-hydrogen) atoms. The Morgan fingerprint density at radius 2 is 1.63 bits per heavy atom. The highest BCUT2D eigenvalue weighted by molar-refractivity contribution is 8.03. The van der Waals surface area contributed by atoms with Crippen molar-refractivity contribution in [3.8, 4) is 0 Å². The van der Waals surface area contributed by atoms with Crippen LogP contribution in [0.3, 0.4) is 0 Å². The maximum Gasteiger partial charge on any atom is 0.512 e. The first-order chi connectivity index (χ1) is 13.4. The second-order valence-electron chi connectivity index (χ2n) is 7.93. The molecule has 1 unspecified atom stereocenters. The Hall–Kier alpha value is -0.590. The number of rotatable bonds is 5. The second kappa shape index (κ2) is 7.21. The molecule has 0 radical (unpaired) electrons. The number of fused-ring (bicyclic) bond motifs is 3. The van der Waals surface area contributed by atoms with Crippen LogP contribution >= 0.6 is 0 Å². The minimum absolute atomic E-state index is 0.0364. The van der Waals surface area contributed by atoms with Gasteiger partial charge < -0.3 is 23.7 Å². The second-order valence-corrected chi connectivity index (χ2v) is 11.2. The van der Waals surface area contributed by atoms with Gasteiger partial charge in [0, 0.05) is 0 Å². The van der Waals surface area contributed by atoms with Gasteiger partial charge in [0.2, 0.25) is 5.79 Å². The van der Waals surface area contributed by atoms with Crippen LogP contribution in [0, 0.1) is 5.92 Å². The van der Waals surface area contributed by atoms with E-state index in [1.165, 1.54) is 13.8 Å². The van der Waals surface area contributed by atoms with Crippen LogP contribution in [0.1, 0.15) is 27.7 Å². The summed E-state index contributed by atoms with van der Waals surface area (Å²) in [6, 6.07) is 0.